The first-order valence-corrected chi connectivity index (χ1v) is 5.53. The van der Waals surface area contributed by atoms with Crippen LogP contribution in [0.2, 0.25) is 0 Å². The number of hydrogen-bond donors (Lipinski definition) is 2. The Morgan fingerprint density at radius 1 is 1.44 bits per heavy atom. The molecule has 0 fully saturated rings. The van der Waals surface area contributed by atoms with Gasteiger partial charge in [-0.05, 0) is 23.6 Å². The summed E-state index contributed by atoms with van der Waals surface area (Å²) in [5.74, 6) is 0.444. The minimum absolute atomic E-state index is 0.0407. The molecule has 4 heteroatoms. The van der Waals surface area contributed by atoms with Gasteiger partial charge >= 0.3 is 0 Å². The number of benzene rings is 1. The molecule has 86 valence electrons. The van der Waals surface area contributed by atoms with Crippen LogP contribution in [0.4, 0.5) is 0 Å². The van der Waals surface area contributed by atoms with E-state index in [4.69, 9.17) is 5.73 Å². The van der Waals surface area contributed by atoms with Gasteiger partial charge < -0.3 is 5.73 Å². The number of nitrogens with two attached hydrogens (primary N) is 1. The van der Waals surface area contributed by atoms with Crippen LogP contribution in [-0.2, 0) is 13.1 Å². The van der Waals surface area contributed by atoms with Gasteiger partial charge in [-0.25, -0.2) is 0 Å². The summed E-state index contributed by atoms with van der Waals surface area (Å²) < 4.78 is 1.66. The summed E-state index contributed by atoms with van der Waals surface area (Å²) in [6, 6.07) is 5.72. The number of aromatic amines is 1. The fraction of sp³-hybridized carbons (Fsp3) is 0.417. The van der Waals surface area contributed by atoms with Crippen LogP contribution in [0, 0.1) is 5.92 Å². The lowest BCUT2D eigenvalue weighted by Crippen LogP contribution is -2.19. The zero-order valence-corrected chi connectivity index (χ0v) is 9.66. The molecular formula is C12H17N3O. The van der Waals surface area contributed by atoms with Crippen molar-refractivity contribution in [3.05, 3.63) is 34.1 Å². The van der Waals surface area contributed by atoms with E-state index in [0.717, 1.165) is 16.5 Å². The third-order valence-electron chi connectivity index (χ3n) is 2.60. The Balaban J connectivity index is 2.55. The Kier molecular flexibility index (Phi) is 2.83. The second kappa shape index (κ2) is 4.14. The topological polar surface area (TPSA) is 63.8 Å². The van der Waals surface area contributed by atoms with E-state index in [9.17, 15) is 4.79 Å². The molecule has 0 saturated carbocycles. The Morgan fingerprint density at radius 2 is 2.19 bits per heavy atom. The predicted octanol–water partition coefficient (Wildman–Crippen LogP) is 1.44. The molecule has 0 amide bonds. The Bertz CT molecular complexity index is 551. The summed E-state index contributed by atoms with van der Waals surface area (Å²) >= 11 is 0. The number of aromatic nitrogens is 2. The summed E-state index contributed by atoms with van der Waals surface area (Å²) in [6.45, 7) is 5.35. The van der Waals surface area contributed by atoms with Gasteiger partial charge in [-0.3, -0.25) is 14.6 Å². The molecule has 3 N–H and O–H groups in total. The van der Waals surface area contributed by atoms with Crippen molar-refractivity contribution < 1.29 is 0 Å². The van der Waals surface area contributed by atoms with E-state index in [1.54, 1.807) is 4.68 Å². The average Bonchev–Trinajstić information content (AvgIpc) is 2.55. The van der Waals surface area contributed by atoms with Crippen molar-refractivity contribution in [3.63, 3.8) is 0 Å². The highest BCUT2D eigenvalue weighted by Gasteiger charge is 2.07. The first-order valence-electron chi connectivity index (χ1n) is 5.53. The van der Waals surface area contributed by atoms with Gasteiger partial charge in [0.15, 0.2) is 0 Å². The maximum absolute atomic E-state index is 12.0. The fourth-order valence-corrected chi connectivity index (χ4v) is 1.83. The van der Waals surface area contributed by atoms with E-state index >= 15 is 0 Å². The van der Waals surface area contributed by atoms with Gasteiger partial charge in [-0.15, -0.1) is 0 Å². The SMILES string of the molecule is CC(C)Cn1[nH]c2ccc(CN)cc2c1=O. The third-order valence-corrected chi connectivity index (χ3v) is 2.60. The molecule has 2 rings (SSSR count). The summed E-state index contributed by atoms with van der Waals surface area (Å²) in [7, 11) is 0. The summed E-state index contributed by atoms with van der Waals surface area (Å²) in [5, 5.41) is 3.84. The van der Waals surface area contributed by atoms with Gasteiger partial charge in [0.2, 0.25) is 0 Å². The second-order valence-corrected chi connectivity index (χ2v) is 4.51. The lowest BCUT2D eigenvalue weighted by atomic mass is 10.1. The van der Waals surface area contributed by atoms with Crippen LogP contribution in [-0.4, -0.2) is 9.78 Å². The van der Waals surface area contributed by atoms with Gasteiger partial charge in [-0.2, -0.15) is 0 Å². The molecule has 0 aliphatic heterocycles. The molecule has 0 aliphatic carbocycles. The molecule has 0 saturated heterocycles. The highest BCUT2D eigenvalue weighted by atomic mass is 16.1. The van der Waals surface area contributed by atoms with Crippen LogP contribution in [0.15, 0.2) is 23.0 Å². The van der Waals surface area contributed by atoms with Gasteiger partial charge in [0.25, 0.3) is 5.56 Å². The van der Waals surface area contributed by atoms with E-state index in [-0.39, 0.29) is 5.56 Å². The maximum atomic E-state index is 12.0. The Hall–Kier alpha value is -1.55. The molecule has 2 aromatic rings. The minimum atomic E-state index is 0.0407. The van der Waals surface area contributed by atoms with Crippen molar-refractivity contribution in [2.45, 2.75) is 26.9 Å². The number of nitrogens with zero attached hydrogens (tertiary/aromatic N) is 1. The number of hydrogen-bond acceptors (Lipinski definition) is 2. The van der Waals surface area contributed by atoms with Gasteiger partial charge in [0.05, 0.1) is 10.9 Å². The molecular weight excluding hydrogens is 202 g/mol. The predicted molar refractivity (Wildman–Crippen MR) is 65.3 cm³/mol. The minimum Gasteiger partial charge on any atom is -0.326 e. The van der Waals surface area contributed by atoms with Crippen molar-refractivity contribution in [1.82, 2.24) is 9.78 Å². The van der Waals surface area contributed by atoms with Crippen LogP contribution in [0.1, 0.15) is 19.4 Å². The van der Waals surface area contributed by atoms with Gasteiger partial charge in [0.1, 0.15) is 0 Å². The van der Waals surface area contributed by atoms with Crippen LogP contribution < -0.4 is 11.3 Å². The Morgan fingerprint density at radius 3 is 2.81 bits per heavy atom. The van der Waals surface area contributed by atoms with Crippen LogP contribution >= 0.6 is 0 Å². The highest BCUT2D eigenvalue weighted by molar-refractivity contribution is 5.78. The maximum Gasteiger partial charge on any atom is 0.274 e. The Labute approximate surface area is 94.0 Å². The van der Waals surface area contributed by atoms with E-state index in [1.807, 2.05) is 18.2 Å². The van der Waals surface area contributed by atoms with Gasteiger partial charge in [-0.1, -0.05) is 19.9 Å². The highest BCUT2D eigenvalue weighted by Crippen LogP contribution is 2.10. The molecule has 0 aliphatic rings. The van der Waals surface area contributed by atoms with Crippen LogP contribution in [0.25, 0.3) is 10.9 Å². The molecule has 1 aromatic heterocycles. The van der Waals surface area contributed by atoms with E-state index in [1.165, 1.54) is 0 Å². The van der Waals surface area contributed by atoms with Crippen molar-refractivity contribution >= 4 is 10.9 Å². The first-order chi connectivity index (χ1) is 7.61. The number of fused-ring (bicyclic) bond motifs is 1. The quantitative estimate of drug-likeness (QED) is 0.820. The molecule has 0 atom stereocenters. The monoisotopic (exact) mass is 219 g/mol. The second-order valence-electron chi connectivity index (χ2n) is 4.51. The molecule has 1 heterocycles. The van der Waals surface area contributed by atoms with Crippen LogP contribution in [0.3, 0.4) is 0 Å². The number of rotatable bonds is 3. The fourth-order valence-electron chi connectivity index (χ4n) is 1.83. The van der Waals surface area contributed by atoms with Crippen molar-refractivity contribution in [2.75, 3.05) is 0 Å². The lowest BCUT2D eigenvalue weighted by Gasteiger charge is -2.03. The molecule has 0 radical (unpaired) electrons. The molecule has 0 bridgehead atoms. The lowest BCUT2D eigenvalue weighted by molar-refractivity contribution is 0.476. The third kappa shape index (κ3) is 1.88. The largest absolute Gasteiger partial charge is 0.326 e. The normalized spacial score (nSPS) is 11.5. The van der Waals surface area contributed by atoms with E-state index in [0.29, 0.717) is 19.0 Å². The standard InChI is InChI=1S/C12H17N3O/c1-8(2)7-15-12(16)10-5-9(6-13)3-4-11(10)14-15/h3-5,8,14H,6-7,13H2,1-2H3. The van der Waals surface area contributed by atoms with E-state index in [2.05, 4.69) is 18.9 Å². The van der Waals surface area contributed by atoms with Crippen molar-refractivity contribution in [1.29, 1.82) is 0 Å². The smallest absolute Gasteiger partial charge is 0.274 e. The number of nitrogens with one attached hydrogen (secondary N) is 1. The molecule has 0 unspecified atom stereocenters. The number of H-pyrrole nitrogens is 1. The molecule has 16 heavy (non-hydrogen) atoms. The van der Waals surface area contributed by atoms with Crippen molar-refractivity contribution in [2.24, 2.45) is 11.7 Å². The van der Waals surface area contributed by atoms with Crippen molar-refractivity contribution in [3.8, 4) is 0 Å². The summed E-state index contributed by atoms with van der Waals surface area (Å²) in [5.41, 5.74) is 7.46. The van der Waals surface area contributed by atoms with Crippen LogP contribution in [0.5, 0.6) is 0 Å². The zero-order chi connectivity index (χ0) is 11.7. The zero-order valence-electron chi connectivity index (χ0n) is 9.66. The van der Waals surface area contributed by atoms with E-state index < -0.39 is 0 Å². The summed E-state index contributed by atoms with van der Waals surface area (Å²) in [6.07, 6.45) is 0. The molecule has 1 aromatic carbocycles. The van der Waals surface area contributed by atoms with Gasteiger partial charge in [0, 0.05) is 13.1 Å². The summed E-state index contributed by atoms with van der Waals surface area (Å²) in [4.78, 5) is 12.0. The average molecular weight is 219 g/mol. The molecule has 4 nitrogen and oxygen atoms in total. The first kappa shape index (κ1) is 11.0. The molecule has 0 spiro atoms.